The molecule has 1 N–H and O–H groups in total. The van der Waals surface area contributed by atoms with Crippen molar-refractivity contribution in [1.82, 2.24) is 14.8 Å². The molecule has 3 aromatic rings. The Morgan fingerprint density at radius 3 is 2.76 bits per heavy atom. The number of hydrogen-bond acceptors (Lipinski definition) is 4. The van der Waals surface area contributed by atoms with Gasteiger partial charge in [0.05, 0.1) is 10.6 Å². The summed E-state index contributed by atoms with van der Waals surface area (Å²) in [5.74, 6) is 0.206. The second kappa shape index (κ2) is 6.44. The van der Waals surface area contributed by atoms with Crippen molar-refractivity contribution in [3.8, 4) is 0 Å². The van der Waals surface area contributed by atoms with Crippen LogP contribution < -0.4 is 4.72 Å². The number of rotatable bonds is 5. The minimum absolute atomic E-state index is 0.0240. The lowest BCUT2D eigenvalue weighted by Crippen LogP contribution is -2.16. The van der Waals surface area contributed by atoms with Crippen molar-refractivity contribution in [2.75, 3.05) is 4.72 Å². The minimum atomic E-state index is -3.91. The first-order valence-corrected chi connectivity index (χ1v) is 9.35. The SMILES string of the molecule is CC(C)Cc1cc(NS(=O)(=O)c2ccc(F)c3ncccc23)n(C)n1. The van der Waals surface area contributed by atoms with Crippen LogP contribution in [0.2, 0.25) is 0 Å². The molecule has 0 unspecified atom stereocenters. The molecule has 6 nitrogen and oxygen atoms in total. The van der Waals surface area contributed by atoms with Crippen LogP contribution in [0.3, 0.4) is 0 Å². The third kappa shape index (κ3) is 3.48. The molecule has 0 radical (unpaired) electrons. The first-order chi connectivity index (χ1) is 11.8. The highest BCUT2D eigenvalue weighted by Gasteiger charge is 2.21. The molecule has 2 aromatic heterocycles. The standard InChI is InChI=1S/C17H19FN4O2S/c1-11(2)9-12-10-16(22(3)20-12)21-25(23,24)15-7-6-14(18)17-13(15)5-4-8-19-17/h4-8,10-11,21H,9H2,1-3H3. The van der Waals surface area contributed by atoms with Gasteiger partial charge < -0.3 is 0 Å². The highest BCUT2D eigenvalue weighted by Crippen LogP contribution is 2.26. The molecule has 0 fully saturated rings. The lowest BCUT2D eigenvalue weighted by atomic mass is 10.1. The van der Waals surface area contributed by atoms with E-state index < -0.39 is 15.8 Å². The van der Waals surface area contributed by atoms with Crippen molar-refractivity contribution < 1.29 is 12.8 Å². The van der Waals surface area contributed by atoms with Gasteiger partial charge in [0.25, 0.3) is 10.0 Å². The number of aryl methyl sites for hydroxylation is 1. The average Bonchev–Trinajstić information content (AvgIpc) is 2.85. The van der Waals surface area contributed by atoms with E-state index in [4.69, 9.17) is 0 Å². The summed E-state index contributed by atoms with van der Waals surface area (Å²) >= 11 is 0. The summed E-state index contributed by atoms with van der Waals surface area (Å²) in [6, 6.07) is 7.17. The van der Waals surface area contributed by atoms with Crippen molar-refractivity contribution in [3.63, 3.8) is 0 Å². The maximum atomic E-state index is 13.9. The topological polar surface area (TPSA) is 76.9 Å². The van der Waals surface area contributed by atoms with E-state index in [1.807, 2.05) is 0 Å². The second-order valence-corrected chi connectivity index (χ2v) is 7.94. The van der Waals surface area contributed by atoms with Crippen molar-refractivity contribution in [1.29, 1.82) is 0 Å². The highest BCUT2D eigenvalue weighted by molar-refractivity contribution is 7.93. The minimum Gasteiger partial charge on any atom is -0.264 e. The summed E-state index contributed by atoms with van der Waals surface area (Å²) in [4.78, 5) is 3.91. The van der Waals surface area contributed by atoms with Crippen molar-refractivity contribution in [3.05, 3.63) is 48.0 Å². The van der Waals surface area contributed by atoms with Gasteiger partial charge in [-0.25, -0.2) is 12.8 Å². The van der Waals surface area contributed by atoms with Gasteiger partial charge in [0, 0.05) is 24.7 Å². The van der Waals surface area contributed by atoms with Gasteiger partial charge in [-0.2, -0.15) is 5.10 Å². The van der Waals surface area contributed by atoms with Crippen molar-refractivity contribution in [2.45, 2.75) is 25.2 Å². The van der Waals surface area contributed by atoms with E-state index in [9.17, 15) is 12.8 Å². The number of sulfonamides is 1. The fourth-order valence-corrected chi connectivity index (χ4v) is 3.96. The van der Waals surface area contributed by atoms with Gasteiger partial charge in [-0.3, -0.25) is 14.4 Å². The summed E-state index contributed by atoms with van der Waals surface area (Å²) in [7, 11) is -2.24. The Morgan fingerprint density at radius 2 is 2.04 bits per heavy atom. The molecule has 25 heavy (non-hydrogen) atoms. The molecule has 0 aliphatic heterocycles. The Kier molecular flexibility index (Phi) is 4.47. The monoisotopic (exact) mass is 362 g/mol. The average molecular weight is 362 g/mol. The number of nitrogens with zero attached hydrogens (tertiary/aromatic N) is 3. The molecule has 0 bridgehead atoms. The molecule has 0 saturated carbocycles. The van der Waals surface area contributed by atoms with Crippen molar-refractivity contribution >= 4 is 26.7 Å². The lowest BCUT2D eigenvalue weighted by Gasteiger charge is -2.10. The molecule has 0 atom stereocenters. The smallest absolute Gasteiger partial charge is 0.263 e. The van der Waals surface area contributed by atoms with Crippen LogP contribution in [0.25, 0.3) is 10.9 Å². The predicted octanol–water partition coefficient (Wildman–Crippen LogP) is 3.11. The van der Waals surface area contributed by atoms with E-state index in [0.29, 0.717) is 11.7 Å². The summed E-state index contributed by atoms with van der Waals surface area (Å²) in [5, 5.41) is 4.56. The molecule has 1 aromatic carbocycles. The molecule has 2 heterocycles. The van der Waals surface area contributed by atoms with Crippen LogP contribution in [0.1, 0.15) is 19.5 Å². The quantitative estimate of drug-likeness (QED) is 0.757. The van der Waals surface area contributed by atoms with E-state index >= 15 is 0 Å². The zero-order valence-electron chi connectivity index (χ0n) is 14.2. The molecular weight excluding hydrogens is 343 g/mol. The normalized spacial score (nSPS) is 12.0. The summed E-state index contributed by atoms with van der Waals surface area (Å²) in [6.45, 7) is 4.13. The van der Waals surface area contributed by atoms with E-state index in [0.717, 1.165) is 18.2 Å². The first-order valence-electron chi connectivity index (χ1n) is 7.87. The Morgan fingerprint density at radius 1 is 1.28 bits per heavy atom. The lowest BCUT2D eigenvalue weighted by molar-refractivity contribution is 0.600. The predicted molar refractivity (Wildman–Crippen MR) is 94.3 cm³/mol. The van der Waals surface area contributed by atoms with E-state index in [1.54, 1.807) is 19.2 Å². The Balaban J connectivity index is 2.01. The fraction of sp³-hybridized carbons (Fsp3) is 0.294. The third-order valence-corrected chi connectivity index (χ3v) is 5.17. The van der Waals surface area contributed by atoms with Crippen molar-refractivity contribution in [2.24, 2.45) is 13.0 Å². The number of aromatic nitrogens is 3. The highest BCUT2D eigenvalue weighted by atomic mass is 32.2. The van der Waals surface area contributed by atoms with Gasteiger partial charge in [0.2, 0.25) is 0 Å². The maximum absolute atomic E-state index is 13.9. The fourth-order valence-electron chi connectivity index (χ4n) is 2.68. The van der Waals surface area contributed by atoms with Gasteiger partial charge in [-0.15, -0.1) is 0 Å². The maximum Gasteiger partial charge on any atom is 0.263 e. The van der Waals surface area contributed by atoms with Crippen LogP contribution in [0.15, 0.2) is 41.4 Å². The Hall–Kier alpha value is -2.48. The zero-order chi connectivity index (χ0) is 18.2. The molecule has 0 aliphatic carbocycles. The van der Waals surface area contributed by atoms with Gasteiger partial charge in [0.15, 0.2) is 0 Å². The van der Waals surface area contributed by atoms with Crippen LogP contribution in [0.4, 0.5) is 10.2 Å². The van der Waals surface area contributed by atoms with E-state index in [1.165, 1.54) is 23.0 Å². The molecular formula is C17H19FN4O2S. The molecule has 132 valence electrons. The van der Waals surface area contributed by atoms with Gasteiger partial charge >= 0.3 is 0 Å². The largest absolute Gasteiger partial charge is 0.264 e. The number of fused-ring (bicyclic) bond motifs is 1. The molecule has 8 heteroatoms. The molecule has 0 saturated heterocycles. The van der Waals surface area contributed by atoms with E-state index in [-0.39, 0.29) is 15.8 Å². The number of hydrogen-bond donors (Lipinski definition) is 1. The Bertz CT molecular complexity index is 1030. The first kappa shape index (κ1) is 17.3. The van der Waals surface area contributed by atoms with Gasteiger partial charge in [0.1, 0.15) is 17.2 Å². The van der Waals surface area contributed by atoms with Crippen LogP contribution in [0, 0.1) is 11.7 Å². The van der Waals surface area contributed by atoms with Crippen LogP contribution >= 0.6 is 0 Å². The number of halogens is 1. The molecule has 3 rings (SSSR count). The van der Waals surface area contributed by atoms with Gasteiger partial charge in [-0.05, 0) is 36.6 Å². The summed E-state index contributed by atoms with van der Waals surface area (Å²) < 4.78 is 43.5. The number of pyridine rings is 1. The molecule has 0 amide bonds. The number of anilines is 1. The zero-order valence-corrected chi connectivity index (χ0v) is 15.0. The van der Waals surface area contributed by atoms with Gasteiger partial charge in [-0.1, -0.05) is 13.8 Å². The van der Waals surface area contributed by atoms with Crippen LogP contribution in [-0.4, -0.2) is 23.2 Å². The molecule has 0 spiro atoms. The summed E-state index contributed by atoms with van der Waals surface area (Å²) in [6.07, 6.45) is 2.17. The number of benzene rings is 1. The summed E-state index contributed by atoms with van der Waals surface area (Å²) in [5.41, 5.74) is 0.830. The second-order valence-electron chi connectivity index (χ2n) is 6.29. The van der Waals surface area contributed by atoms with E-state index in [2.05, 4.69) is 28.7 Å². The molecule has 0 aliphatic rings. The van der Waals surface area contributed by atoms with Crippen LogP contribution in [-0.2, 0) is 23.5 Å². The Labute approximate surface area is 145 Å². The van der Waals surface area contributed by atoms with Crippen LogP contribution in [0.5, 0.6) is 0 Å². The number of nitrogens with one attached hydrogen (secondary N) is 1. The third-order valence-electron chi connectivity index (χ3n) is 3.76.